The van der Waals surface area contributed by atoms with Crippen LogP contribution < -0.4 is 0 Å². The standard InChI is InChI=1S/C12H7F3N.2ClH.Ti/c13-9-5-10(14)12(11(15)6-9)16-7-8-3-1-2-4-8;;;/h1-7H;2*1H;/q-1;;;+2/p-2. The summed E-state index contributed by atoms with van der Waals surface area (Å²) in [5.74, 6) is -2.98. The van der Waals surface area contributed by atoms with Crippen LogP contribution >= 0.6 is 18.6 Å². The van der Waals surface area contributed by atoms with E-state index in [0.29, 0.717) is 12.1 Å². The number of hydrogen-bond acceptors (Lipinski definition) is 1. The Balaban J connectivity index is 0.000000550. The van der Waals surface area contributed by atoms with Crippen LogP contribution in [0, 0.1) is 17.5 Å². The molecule has 2 rings (SSSR count). The zero-order valence-electron chi connectivity index (χ0n) is 9.38. The normalized spacial score (nSPS) is 10.2. The Morgan fingerprint density at radius 2 is 1.74 bits per heavy atom. The Kier molecular flexibility index (Phi) is 7.32. The van der Waals surface area contributed by atoms with Gasteiger partial charge in [-0.25, -0.2) is 13.2 Å². The molecule has 2 aromatic rings. The molecular weight excluding hydrogens is 334 g/mol. The van der Waals surface area contributed by atoms with E-state index >= 15 is 0 Å². The maximum absolute atomic E-state index is 13.1. The molecule has 0 heterocycles. The van der Waals surface area contributed by atoms with Gasteiger partial charge in [0.05, 0.1) is 0 Å². The summed E-state index contributed by atoms with van der Waals surface area (Å²) in [4.78, 5) is 3.65. The predicted octanol–water partition coefficient (Wildman–Crippen LogP) is 4.95. The van der Waals surface area contributed by atoms with Crippen molar-refractivity contribution in [2.75, 3.05) is 0 Å². The molecule has 7 heteroatoms. The second kappa shape index (κ2) is 8.49. The maximum atomic E-state index is 13.1. The third-order valence-corrected chi connectivity index (χ3v) is 2.01. The fourth-order valence-corrected chi connectivity index (χ4v) is 1.27. The first-order valence-electron chi connectivity index (χ1n) is 4.95. The average molecular weight is 341 g/mol. The minimum absolute atomic E-state index is 0.484. The number of nitrogens with zero attached hydrogens (tertiary/aromatic N) is 1. The molecule has 0 aliphatic rings. The van der Waals surface area contributed by atoms with Gasteiger partial charge in [0.25, 0.3) is 0 Å². The quantitative estimate of drug-likeness (QED) is 0.416. The molecule has 0 unspecified atom stereocenters. The van der Waals surface area contributed by atoms with Crippen molar-refractivity contribution < 1.29 is 30.2 Å². The molecule has 1 nitrogen and oxygen atoms in total. The molecule has 0 saturated heterocycles. The van der Waals surface area contributed by atoms with Crippen molar-refractivity contribution in [2.24, 2.45) is 4.99 Å². The van der Waals surface area contributed by atoms with Crippen LogP contribution in [0.15, 0.2) is 41.4 Å². The molecule has 0 N–H and O–H groups in total. The van der Waals surface area contributed by atoms with Crippen molar-refractivity contribution >= 4 is 30.5 Å². The monoisotopic (exact) mass is 340 g/mol. The zero-order chi connectivity index (χ0) is 14.3. The molecular formula is C12H7Cl2F3NTi-. The van der Waals surface area contributed by atoms with Crippen molar-refractivity contribution in [3.05, 3.63) is 59.4 Å². The topological polar surface area (TPSA) is 12.4 Å². The number of rotatable bonds is 2. The summed E-state index contributed by atoms with van der Waals surface area (Å²) >= 11 is -0.556. The molecule has 0 aliphatic heterocycles. The first-order valence-corrected chi connectivity index (χ1v) is 9.24. The molecule has 19 heavy (non-hydrogen) atoms. The number of hydrogen-bond donors (Lipinski definition) is 0. The number of benzene rings is 1. The summed E-state index contributed by atoms with van der Waals surface area (Å²) in [5.41, 5.74) is 0.241. The molecule has 0 atom stereocenters. The van der Waals surface area contributed by atoms with Crippen molar-refractivity contribution in [3.8, 4) is 0 Å². The number of aliphatic imine (C=N–C) groups is 1. The molecule has 0 fully saturated rings. The van der Waals surface area contributed by atoms with Gasteiger partial charge in [0.15, 0.2) is 11.6 Å². The summed E-state index contributed by atoms with van der Waals surface area (Å²) < 4.78 is 38.9. The summed E-state index contributed by atoms with van der Waals surface area (Å²) in [6.07, 6.45) is 1.32. The third-order valence-electron chi connectivity index (χ3n) is 2.01. The van der Waals surface area contributed by atoms with E-state index in [9.17, 15) is 13.2 Å². The molecule has 0 aliphatic carbocycles. The second-order valence-corrected chi connectivity index (χ2v) is 5.85. The fraction of sp³-hybridized carbons (Fsp3) is 0. The molecule has 100 valence electrons. The summed E-state index contributed by atoms with van der Waals surface area (Å²) in [7, 11) is 9.78. The Morgan fingerprint density at radius 3 is 2.21 bits per heavy atom. The van der Waals surface area contributed by atoms with Crippen molar-refractivity contribution in [3.63, 3.8) is 0 Å². The van der Waals surface area contributed by atoms with Crippen molar-refractivity contribution in [1.29, 1.82) is 0 Å². The van der Waals surface area contributed by atoms with Gasteiger partial charge in [0.2, 0.25) is 0 Å². The van der Waals surface area contributed by atoms with Gasteiger partial charge in [-0.05, 0) is 6.21 Å². The van der Waals surface area contributed by atoms with E-state index in [4.69, 9.17) is 18.6 Å². The van der Waals surface area contributed by atoms with Crippen LogP contribution in [0.25, 0.3) is 0 Å². The third kappa shape index (κ3) is 5.45. The summed E-state index contributed by atoms with van der Waals surface area (Å²) in [6.45, 7) is 0. The molecule has 0 amide bonds. The van der Waals surface area contributed by atoms with Crippen molar-refractivity contribution in [1.82, 2.24) is 0 Å². The van der Waals surface area contributed by atoms with E-state index in [1.807, 2.05) is 0 Å². The zero-order valence-corrected chi connectivity index (χ0v) is 12.5. The van der Waals surface area contributed by atoms with Crippen LogP contribution in [-0.2, 0) is 17.0 Å². The summed E-state index contributed by atoms with van der Waals surface area (Å²) in [5, 5.41) is 0. The van der Waals surface area contributed by atoms with Gasteiger partial charge in [-0.2, -0.15) is 18.2 Å². The van der Waals surface area contributed by atoms with E-state index in [-0.39, 0.29) is 0 Å². The van der Waals surface area contributed by atoms with E-state index in [1.54, 1.807) is 24.3 Å². The molecule has 0 radical (unpaired) electrons. The SMILES string of the molecule is Fc1cc(F)c(N=Cc2ccc[cH-]2)c(F)c1.[Cl][Ti][Cl]. The van der Waals surface area contributed by atoms with Gasteiger partial charge in [0.1, 0.15) is 11.5 Å². The molecule has 0 bridgehead atoms. The second-order valence-electron chi connectivity index (χ2n) is 3.27. The van der Waals surface area contributed by atoms with E-state index < -0.39 is 40.2 Å². The first-order chi connectivity index (χ1) is 9.08. The first kappa shape index (κ1) is 16.4. The molecule has 0 aromatic heterocycles. The predicted molar refractivity (Wildman–Crippen MR) is 67.3 cm³/mol. The van der Waals surface area contributed by atoms with Crippen LogP contribution in [0.3, 0.4) is 0 Å². The Labute approximate surface area is 125 Å². The average Bonchev–Trinajstić information content (AvgIpc) is 2.81. The molecule has 0 spiro atoms. The summed E-state index contributed by atoms with van der Waals surface area (Å²) in [6, 6.07) is 8.23. The van der Waals surface area contributed by atoms with E-state index in [1.165, 1.54) is 6.21 Å². The molecule has 2 aromatic carbocycles. The van der Waals surface area contributed by atoms with Crippen LogP contribution in [0.4, 0.5) is 18.9 Å². The van der Waals surface area contributed by atoms with E-state index in [0.717, 1.165) is 5.56 Å². The van der Waals surface area contributed by atoms with Gasteiger partial charge >= 0.3 is 35.6 Å². The Morgan fingerprint density at radius 1 is 1.16 bits per heavy atom. The van der Waals surface area contributed by atoms with Gasteiger partial charge in [-0.3, -0.25) is 4.99 Å². The van der Waals surface area contributed by atoms with Crippen LogP contribution in [0.5, 0.6) is 0 Å². The fourth-order valence-electron chi connectivity index (χ4n) is 1.27. The van der Waals surface area contributed by atoms with Gasteiger partial charge in [0, 0.05) is 12.1 Å². The van der Waals surface area contributed by atoms with Gasteiger partial charge in [-0.15, -0.1) is 11.6 Å². The van der Waals surface area contributed by atoms with Crippen LogP contribution in [-0.4, -0.2) is 6.21 Å². The molecule has 0 saturated carbocycles. The Bertz CT molecular complexity index is 521. The van der Waals surface area contributed by atoms with Crippen LogP contribution in [0.1, 0.15) is 5.56 Å². The Hall–Kier alpha value is -0.676. The van der Waals surface area contributed by atoms with Crippen LogP contribution in [0.2, 0.25) is 0 Å². The minimum atomic E-state index is -1.01. The van der Waals surface area contributed by atoms with Gasteiger partial charge < -0.3 is 0 Å². The van der Waals surface area contributed by atoms with Gasteiger partial charge in [-0.1, -0.05) is 0 Å². The number of halogens is 5. The van der Waals surface area contributed by atoms with Crippen molar-refractivity contribution in [2.45, 2.75) is 0 Å². The van der Waals surface area contributed by atoms with E-state index in [2.05, 4.69) is 4.99 Å².